The summed E-state index contributed by atoms with van der Waals surface area (Å²) in [5.74, 6) is 0. The zero-order chi connectivity index (χ0) is 7.12. The van der Waals surface area contributed by atoms with E-state index >= 15 is 0 Å². The number of hydrogen-bond donors (Lipinski definition) is 0. The van der Waals surface area contributed by atoms with Crippen LogP contribution in [0, 0.1) is 0 Å². The van der Waals surface area contributed by atoms with Crippen molar-refractivity contribution in [2.45, 2.75) is 12.9 Å². The second-order valence-corrected chi connectivity index (χ2v) is 9.27. The molecule has 0 amide bonds. The first-order valence-corrected chi connectivity index (χ1v) is 5.56. The normalized spacial score (nSPS) is 28.9. The highest BCUT2D eigenvalue weighted by molar-refractivity contribution is 9.30. The summed E-state index contributed by atoms with van der Waals surface area (Å²) >= 11 is 14.0. The summed E-state index contributed by atoms with van der Waals surface area (Å²) in [5.41, 5.74) is 0. The molecule has 4 heteroatoms. The summed E-state index contributed by atoms with van der Waals surface area (Å²) in [6.45, 7) is 0. The Morgan fingerprint density at radius 3 is 1.78 bits per heavy atom. The van der Waals surface area contributed by atoms with Crippen LogP contribution in [-0.2, 0) is 0 Å². The van der Waals surface area contributed by atoms with Gasteiger partial charge in [0.25, 0.3) is 0 Å². The van der Waals surface area contributed by atoms with Gasteiger partial charge in [0.1, 0.15) is 6.47 Å². The lowest BCUT2D eigenvalue weighted by atomic mass is 10.3. The van der Waals surface area contributed by atoms with Crippen LogP contribution in [0.25, 0.3) is 0 Å². The third-order valence-electron chi connectivity index (χ3n) is 1.19. The zero-order valence-corrected chi connectivity index (χ0v) is 10.7. The van der Waals surface area contributed by atoms with Crippen LogP contribution in [0.3, 0.4) is 0 Å². The van der Waals surface area contributed by atoms with Gasteiger partial charge < -0.3 is 0 Å². The topological polar surface area (TPSA) is 0 Å². The first-order valence-electron chi connectivity index (χ1n) is 2.39. The second-order valence-electron chi connectivity index (χ2n) is 1.93. The largest absolute Gasteiger partial charge is 0.124 e. The quantitative estimate of drug-likeness (QED) is 0.439. The Labute approximate surface area is 88.0 Å². The summed E-state index contributed by atoms with van der Waals surface area (Å²) in [6, 6.07) is 0. The van der Waals surface area contributed by atoms with Crippen molar-refractivity contribution in [2.24, 2.45) is 0 Å². The fraction of sp³-hybridized carbons (Fsp3) is 0.600. The highest BCUT2D eigenvalue weighted by atomic mass is 79.9. The van der Waals surface area contributed by atoms with Crippen molar-refractivity contribution in [1.82, 2.24) is 0 Å². The summed E-state index contributed by atoms with van der Waals surface area (Å²) in [4.78, 5) is 0. The van der Waals surface area contributed by atoms with Gasteiger partial charge in [-0.3, -0.25) is 0 Å². The highest BCUT2D eigenvalue weighted by Gasteiger charge is 2.45. The van der Waals surface area contributed by atoms with Crippen LogP contribution in [-0.4, -0.2) is 6.47 Å². The number of rotatable bonds is 0. The Morgan fingerprint density at radius 2 is 1.67 bits per heavy atom. The molecule has 0 spiro atoms. The third-order valence-corrected chi connectivity index (χ3v) is 7.10. The van der Waals surface area contributed by atoms with Gasteiger partial charge in [0.15, 0.2) is 0 Å². The predicted molar refractivity (Wildman–Crippen MR) is 54.9 cm³/mol. The van der Waals surface area contributed by atoms with Gasteiger partial charge >= 0.3 is 0 Å². The average molecular weight is 384 g/mol. The van der Waals surface area contributed by atoms with Crippen molar-refractivity contribution in [1.29, 1.82) is 0 Å². The number of allylic oxidation sites excluding steroid dienone is 2. The number of halogens is 4. The molecule has 0 nitrogen and oxygen atoms in total. The molecule has 0 heterocycles. The van der Waals surface area contributed by atoms with Crippen molar-refractivity contribution >= 4 is 63.7 Å². The molecule has 1 aliphatic rings. The average Bonchev–Trinajstić information content (AvgIpc) is 1.81. The lowest BCUT2D eigenvalue weighted by Gasteiger charge is -2.25. The maximum absolute atomic E-state index is 3.52. The molecule has 0 bridgehead atoms. The predicted octanol–water partition coefficient (Wildman–Crippen LogP) is 3.92. The molecule has 1 aliphatic carbocycles. The van der Waals surface area contributed by atoms with Crippen molar-refractivity contribution in [3.05, 3.63) is 12.2 Å². The molecular weight excluding hydrogens is 380 g/mol. The molecule has 0 aromatic rings. The zero-order valence-electron chi connectivity index (χ0n) is 4.37. The van der Waals surface area contributed by atoms with E-state index in [9.17, 15) is 0 Å². The summed E-state index contributed by atoms with van der Waals surface area (Å²) < 4.78 is -0.194. The van der Waals surface area contributed by atoms with Gasteiger partial charge in [0.2, 0.25) is 0 Å². The molecule has 0 saturated heterocycles. The van der Waals surface area contributed by atoms with E-state index in [1.807, 2.05) is 0 Å². The van der Waals surface area contributed by atoms with E-state index in [0.29, 0.717) is 0 Å². The number of alkyl halides is 4. The molecule has 0 unspecified atom stereocenters. The lowest BCUT2D eigenvalue weighted by Crippen LogP contribution is -2.27. The summed E-state index contributed by atoms with van der Waals surface area (Å²) in [7, 11) is 0. The minimum Gasteiger partial charge on any atom is -0.0839 e. The van der Waals surface area contributed by atoms with Gasteiger partial charge in [-0.05, 0) is 6.42 Å². The molecular formula is C5H4Br4. The summed E-state index contributed by atoms with van der Waals surface area (Å²) in [5, 5.41) is 0. The van der Waals surface area contributed by atoms with Crippen LogP contribution in [0.1, 0.15) is 6.42 Å². The Morgan fingerprint density at radius 1 is 1.11 bits per heavy atom. The van der Waals surface area contributed by atoms with Crippen LogP contribution in [0.5, 0.6) is 0 Å². The van der Waals surface area contributed by atoms with Gasteiger partial charge in [0, 0.05) is 0 Å². The van der Waals surface area contributed by atoms with Gasteiger partial charge in [-0.1, -0.05) is 75.9 Å². The molecule has 0 N–H and O–H groups in total. The Kier molecular flexibility index (Phi) is 2.54. The number of hydrogen-bond acceptors (Lipinski definition) is 0. The smallest absolute Gasteiger partial charge is 0.0839 e. The monoisotopic (exact) mass is 380 g/mol. The Bertz CT molecular complexity index is 147. The molecule has 0 aliphatic heterocycles. The molecule has 0 atom stereocenters. The van der Waals surface area contributed by atoms with Gasteiger partial charge in [0.05, 0.1) is 0 Å². The molecule has 0 saturated carbocycles. The van der Waals surface area contributed by atoms with Crippen LogP contribution in [0.15, 0.2) is 12.2 Å². The van der Waals surface area contributed by atoms with Gasteiger partial charge in [-0.15, -0.1) is 0 Å². The molecule has 52 valence electrons. The maximum Gasteiger partial charge on any atom is 0.124 e. The molecule has 0 aromatic heterocycles. The van der Waals surface area contributed by atoms with E-state index in [4.69, 9.17) is 0 Å². The standard InChI is InChI=1S/C5H4Br4/c6-4(7)2-1-3-5(4,8)9/h1-2H,3H2. The van der Waals surface area contributed by atoms with Gasteiger partial charge in [-0.25, -0.2) is 0 Å². The third kappa shape index (κ3) is 1.63. The van der Waals surface area contributed by atoms with Crippen molar-refractivity contribution in [3.63, 3.8) is 0 Å². The highest BCUT2D eigenvalue weighted by Crippen LogP contribution is 2.54. The summed E-state index contributed by atoms with van der Waals surface area (Å²) in [6.07, 6.45) is 5.15. The molecule has 0 fully saturated rings. The van der Waals surface area contributed by atoms with E-state index < -0.39 is 0 Å². The molecule has 1 rings (SSSR count). The molecule has 0 radical (unpaired) electrons. The van der Waals surface area contributed by atoms with Crippen LogP contribution < -0.4 is 0 Å². The molecule has 0 aromatic carbocycles. The van der Waals surface area contributed by atoms with E-state index in [1.54, 1.807) is 0 Å². The molecule has 9 heavy (non-hydrogen) atoms. The Hall–Kier alpha value is 1.66. The lowest BCUT2D eigenvalue weighted by molar-refractivity contribution is 0.915. The van der Waals surface area contributed by atoms with Crippen LogP contribution in [0.4, 0.5) is 0 Å². The first kappa shape index (κ1) is 8.75. The van der Waals surface area contributed by atoms with Crippen LogP contribution in [0.2, 0.25) is 0 Å². The second kappa shape index (κ2) is 2.61. The van der Waals surface area contributed by atoms with E-state index in [-0.39, 0.29) is 6.47 Å². The van der Waals surface area contributed by atoms with Crippen LogP contribution >= 0.6 is 63.7 Å². The fourth-order valence-electron chi connectivity index (χ4n) is 0.613. The van der Waals surface area contributed by atoms with Crippen molar-refractivity contribution in [2.75, 3.05) is 0 Å². The van der Waals surface area contributed by atoms with Gasteiger partial charge in [-0.2, -0.15) is 0 Å². The SMILES string of the molecule is BrC1(Br)C=CCC1(Br)Br. The minimum absolute atomic E-state index is 0.0625. The van der Waals surface area contributed by atoms with E-state index in [1.165, 1.54) is 0 Å². The fourth-order valence-corrected chi connectivity index (χ4v) is 1.95. The van der Waals surface area contributed by atoms with Crippen molar-refractivity contribution < 1.29 is 0 Å². The van der Waals surface area contributed by atoms with E-state index in [2.05, 4.69) is 75.9 Å². The maximum atomic E-state index is 3.52. The Balaban J connectivity index is 2.84. The van der Waals surface area contributed by atoms with Crippen molar-refractivity contribution in [3.8, 4) is 0 Å². The first-order chi connectivity index (χ1) is 3.96. The van der Waals surface area contributed by atoms with E-state index in [0.717, 1.165) is 6.42 Å². The minimum atomic E-state index is -0.132.